The van der Waals surface area contributed by atoms with E-state index < -0.39 is 7.92 Å². The quantitative estimate of drug-likeness (QED) is 0.491. The molecule has 0 saturated heterocycles. The molecule has 0 aliphatic rings. The van der Waals surface area contributed by atoms with Gasteiger partial charge in [0.15, 0.2) is 0 Å². The van der Waals surface area contributed by atoms with Crippen molar-refractivity contribution in [3.05, 3.63) is 91.0 Å². The maximum Gasteiger partial charge on any atom is 0 e. The van der Waals surface area contributed by atoms with Gasteiger partial charge in [0.1, 0.15) is 0 Å². The van der Waals surface area contributed by atoms with E-state index in [0.717, 1.165) is 0 Å². The minimum atomic E-state index is -0.877. The Balaban J connectivity index is 0.00000147. The monoisotopic (exact) mass is 369 g/mol. The summed E-state index contributed by atoms with van der Waals surface area (Å²) in [6.45, 7) is 0. The van der Waals surface area contributed by atoms with Crippen LogP contribution in [0.1, 0.15) is 0 Å². The van der Waals surface area contributed by atoms with E-state index >= 15 is 0 Å². The van der Waals surface area contributed by atoms with Crippen molar-refractivity contribution in [3.8, 4) is 0 Å². The molecule has 0 amide bonds. The number of hydrogen-bond acceptors (Lipinski definition) is 0. The molecule has 0 nitrogen and oxygen atoms in total. The molecule has 3 aromatic carbocycles. The van der Waals surface area contributed by atoms with E-state index in [2.05, 4.69) is 91.0 Å². The standard InChI is InChI=1S/C18H16P.Pd/c1-4-10-16(11-5-1)19(17-12-6-2-7-13-17)18-14-8-3-9-15-18;/h1-15,19H;. The van der Waals surface area contributed by atoms with E-state index in [-0.39, 0.29) is 20.4 Å². The first-order valence-corrected chi connectivity index (χ1v) is 7.98. The zero-order chi connectivity index (χ0) is 12.9. The maximum atomic E-state index is 2.24. The van der Waals surface area contributed by atoms with Crippen molar-refractivity contribution in [2.24, 2.45) is 0 Å². The first-order chi connectivity index (χ1) is 9.45. The first kappa shape index (κ1) is 15.1. The van der Waals surface area contributed by atoms with Crippen molar-refractivity contribution in [2.45, 2.75) is 0 Å². The number of rotatable bonds is 3. The Labute approximate surface area is 135 Å². The van der Waals surface area contributed by atoms with Crippen molar-refractivity contribution in [1.82, 2.24) is 0 Å². The van der Waals surface area contributed by atoms with Gasteiger partial charge in [-0.2, -0.15) is 0 Å². The molecule has 0 heterocycles. The topological polar surface area (TPSA) is 0 Å². The Morgan fingerprint density at radius 3 is 0.900 bits per heavy atom. The molecule has 0 aliphatic heterocycles. The van der Waals surface area contributed by atoms with Crippen LogP contribution < -0.4 is 15.9 Å². The van der Waals surface area contributed by atoms with E-state index in [1.165, 1.54) is 15.9 Å². The zero-order valence-electron chi connectivity index (χ0n) is 11.0. The summed E-state index contributed by atoms with van der Waals surface area (Å²) in [6.07, 6.45) is 0. The van der Waals surface area contributed by atoms with Crippen molar-refractivity contribution >= 4 is 23.8 Å². The van der Waals surface area contributed by atoms with Crippen LogP contribution in [0.25, 0.3) is 0 Å². The molecule has 0 fully saturated rings. The minimum Gasteiger partial charge on any atom is -0.0622 e. The van der Waals surface area contributed by atoms with E-state index in [0.29, 0.717) is 0 Å². The molecule has 1 radical (unpaired) electrons. The fraction of sp³-hybridized carbons (Fsp3) is 0. The van der Waals surface area contributed by atoms with E-state index in [1.54, 1.807) is 0 Å². The predicted octanol–water partition coefficient (Wildman–Crippen LogP) is 3.17. The molecule has 0 aromatic heterocycles. The fourth-order valence-electron chi connectivity index (χ4n) is 2.31. The number of hydrogen-bond donors (Lipinski definition) is 0. The second kappa shape index (κ2) is 7.51. The fourth-order valence-corrected chi connectivity index (χ4v) is 4.89. The van der Waals surface area contributed by atoms with Crippen LogP contribution in [0, 0.1) is 0 Å². The molecule has 0 bridgehead atoms. The SMILES string of the molecule is [Pd].c1ccc([PH](c2ccccc2)c2ccccc2)cc1. The van der Waals surface area contributed by atoms with Crippen molar-refractivity contribution < 1.29 is 20.4 Å². The molecular weight excluding hydrogens is 354 g/mol. The zero-order valence-corrected chi connectivity index (χ0v) is 13.5. The molecule has 3 aromatic rings. The second-order valence-electron chi connectivity index (χ2n) is 4.47. The largest absolute Gasteiger partial charge is 0.0622 e. The van der Waals surface area contributed by atoms with Gasteiger partial charge in [0, 0.05) is 20.4 Å². The summed E-state index contributed by atoms with van der Waals surface area (Å²) in [5.74, 6) is 0. The molecule has 0 atom stereocenters. The van der Waals surface area contributed by atoms with Crippen LogP contribution in [0.5, 0.6) is 0 Å². The minimum absolute atomic E-state index is 0. The summed E-state index contributed by atoms with van der Waals surface area (Å²) in [6, 6.07) is 32.5. The Bertz CT molecular complexity index is 529. The van der Waals surface area contributed by atoms with Gasteiger partial charge in [0.05, 0.1) is 0 Å². The first-order valence-electron chi connectivity index (χ1n) is 6.48. The molecule has 0 aliphatic carbocycles. The molecule has 20 heavy (non-hydrogen) atoms. The van der Waals surface area contributed by atoms with Crippen LogP contribution in [-0.4, -0.2) is 0 Å². The van der Waals surface area contributed by atoms with Crippen LogP contribution in [0.4, 0.5) is 0 Å². The van der Waals surface area contributed by atoms with Gasteiger partial charge in [-0.05, 0) is 15.9 Å². The van der Waals surface area contributed by atoms with Gasteiger partial charge in [-0.1, -0.05) is 98.9 Å². The summed E-state index contributed by atoms with van der Waals surface area (Å²) in [7, 11) is -0.877. The van der Waals surface area contributed by atoms with Crippen LogP contribution in [0.2, 0.25) is 0 Å². The second-order valence-corrected chi connectivity index (χ2v) is 6.96. The average Bonchev–Trinajstić information content (AvgIpc) is 2.51. The smallest absolute Gasteiger partial charge is 0 e. The molecule has 0 N–H and O–H groups in total. The van der Waals surface area contributed by atoms with E-state index in [1.807, 2.05) is 0 Å². The summed E-state index contributed by atoms with van der Waals surface area (Å²) in [4.78, 5) is 0. The van der Waals surface area contributed by atoms with Gasteiger partial charge in [-0.25, -0.2) is 0 Å². The van der Waals surface area contributed by atoms with Gasteiger partial charge in [-0.15, -0.1) is 0 Å². The summed E-state index contributed by atoms with van der Waals surface area (Å²) in [5, 5.41) is 4.31. The van der Waals surface area contributed by atoms with Crippen molar-refractivity contribution in [1.29, 1.82) is 0 Å². The molecular formula is C18H16PPd. The van der Waals surface area contributed by atoms with Gasteiger partial charge in [0.25, 0.3) is 0 Å². The van der Waals surface area contributed by atoms with Crippen LogP contribution >= 0.6 is 7.92 Å². The normalized spacial score (nSPS) is 10.1. The maximum absolute atomic E-state index is 2.24. The predicted molar refractivity (Wildman–Crippen MR) is 86.5 cm³/mol. The van der Waals surface area contributed by atoms with Crippen LogP contribution in [0.15, 0.2) is 91.0 Å². The van der Waals surface area contributed by atoms with E-state index in [4.69, 9.17) is 0 Å². The van der Waals surface area contributed by atoms with Crippen molar-refractivity contribution in [3.63, 3.8) is 0 Å². The van der Waals surface area contributed by atoms with Crippen LogP contribution in [0.3, 0.4) is 0 Å². The average molecular weight is 370 g/mol. The Hall–Kier alpha value is -1.25. The van der Waals surface area contributed by atoms with Gasteiger partial charge in [-0.3, -0.25) is 0 Å². The Kier molecular flexibility index (Phi) is 5.69. The molecule has 2 heteroatoms. The van der Waals surface area contributed by atoms with Gasteiger partial charge in [0.2, 0.25) is 0 Å². The third-order valence-corrected chi connectivity index (χ3v) is 5.92. The number of benzene rings is 3. The molecule has 103 valence electrons. The molecule has 0 unspecified atom stereocenters. The Morgan fingerprint density at radius 1 is 0.400 bits per heavy atom. The molecule has 0 saturated carbocycles. The third-order valence-electron chi connectivity index (χ3n) is 3.19. The molecule has 3 rings (SSSR count). The Morgan fingerprint density at radius 2 is 0.650 bits per heavy atom. The van der Waals surface area contributed by atoms with Gasteiger partial charge < -0.3 is 0 Å². The molecule has 0 spiro atoms. The van der Waals surface area contributed by atoms with Gasteiger partial charge >= 0.3 is 0 Å². The van der Waals surface area contributed by atoms with E-state index in [9.17, 15) is 0 Å². The summed E-state index contributed by atoms with van der Waals surface area (Å²) >= 11 is 0. The summed E-state index contributed by atoms with van der Waals surface area (Å²) in [5.41, 5.74) is 0. The third kappa shape index (κ3) is 3.44. The van der Waals surface area contributed by atoms with Crippen LogP contribution in [-0.2, 0) is 20.4 Å². The summed E-state index contributed by atoms with van der Waals surface area (Å²) < 4.78 is 0. The van der Waals surface area contributed by atoms with Crippen molar-refractivity contribution in [2.75, 3.05) is 0 Å².